The molecular weight excluding hydrogens is 745 g/mol. The Morgan fingerprint density at radius 1 is 0.542 bits per heavy atom. The zero-order valence-corrected chi connectivity index (χ0v) is 39.2. The van der Waals surface area contributed by atoms with E-state index < -0.39 is 15.1 Å². The first-order valence-corrected chi connectivity index (χ1v) is 23.2. The third kappa shape index (κ3) is 16.0. The second kappa shape index (κ2) is 25.3. The van der Waals surface area contributed by atoms with Crippen LogP contribution in [0.5, 0.6) is 11.5 Å². The Morgan fingerprint density at radius 3 is 1.39 bits per heavy atom. The number of hydrogen-bond donors (Lipinski definition) is 0. The Labute approximate surface area is 359 Å². The van der Waals surface area contributed by atoms with Crippen molar-refractivity contribution < 1.29 is 17.9 Å². The second-order valence-electron chi connectivity index (χ2n) is 16.7. The van der Waals surface area contributed by atoms with Crippen LogP contribution in [0.25, 0.3) is 10.8 Å². The summed E-state index contributed by atoms with van der Waals surface area (Å²) in [6.07, 6.45) is 27.8. The zero-order valence-electron chi connectivity index (χ0n) is 38.3. The Hall–Kier alpha value is -4.35. The minimum Gasteiger partial charge on any atom is -0.496 e. The van der Waals surface area contributed by atoms with Crippen LogP contribution in [0.15, 0.2) is 141 Å². The van der Waals surface area contributed by atoms with Gasteiger partial charge in [-0.1, -0.05) is 124 Å². The molecule has 0 amide bonds. The van der Waals surface area contributed by atoms with Crippen molar-refractivity contribution in [3.8, 4) is 11.5 Å². The van der Waals surface area contributed by atoms with Crippen LogP contribution in [-0.4, -0.2) is 27.9 Å². The van der Waals surface area contributed by atoms with E-state index in [-0.39, 0.29) is 0 Å². The van der Waals surface area contributed by atoms with Gasteiger partial charge in [-0.3, -0.25) is 0 Å². The number of allylic oxidation sites excluding steroid dienone is 13. The van der Waals surface area contributed by atoms with Gasteiger partial charge in [-0.05, 0) is 157 Å². The molecule has 0 saturated heterocycles. The van der Waals surface area contributed by atoms with E-state index in [1.807, 2.05) is 44.2 Å². The summed E-state index contributed by atoms with van der Waals surface area (Å²) >= 11 is 0. The van der Waals surface area contributed by atoms with Crippen molar-refractivity contribution in [2.75, 3.05) is 14.2 Å². The van der Waals surface area contributed by atoms with Gasteiger partial charge < -0.3 is 9.47 Å². The van der Waals surface area contributed by atoms with Crippen LogP contribution in [0.4, 0.5) is 0 Å². The van der Waals surface area contributed by atoms with Crippen molar-refractivity contribution in [2.24, 2.45) is 0 Å². The summed E-state index contributed by atoms with van der Waals surface area (Å²) in [5, 5.41) is 1.29. The molecule has 0 saturated carbocycles. The molecule has 5 heteroatoms. The number of benzene rings is 3. The van der Waals surface area contributed by atoms with Gasteiger partial charge in [0, 0.05) is 16.3 Å². The Bertz CT molecular complexity index is 2130. The molecule has 4 nitrogen and oxygen atoms in total. The van der Waals surface area contributed by atoms with E-state index in [4.69, 9.17) is 9.47 Å². The fourth-order valence-electron chi connectivity index (χ4n) is 7.61. The van der Waals surface area contributed by atoms with Crippen molar-refractivity contribution in [1.29, 1.82) is 0 Å². The van der Waals surface area contributed by atoms with Crippen molar-refractivity contribution in [2.45, 2.75) is 150 Å². The first-order chi connectivity index (χ1) is 28.2. The second-order valence-corrected chi connectivity index (χ2v) is 18.8. The van der Waals surface area contributed by atoms with Gasteiger partial charge in [0.1, 0.15) is 11.5 Å². The lowest BCUT2D eigenvalue weighted by Crippen LogP contribution is -2.22. The summed E-state index contributed by atoms with van der Waals surface area (Å²) in [6.45, 7) is 19.5. The van der Waals surface area contributed by atoms with Crippen molar-refractivity contribution in [1.82, 2.24) is 0 Å². The average Bonchev–Trinajstić information content (AvgIpc) is 3.20. The number of methoxy groups -OCH3 is 2. The lowest BCUT2D eigenvalue weighted by molar-refractivity contribution is 0.404. The van der Waals surface area contributed by atoms with Gasteiger partial charge in [0.15, 0.2) is 9.84 Å². The molecule has 0 aliphatic heterocycles. The molecule has 0 radical (unpaired) electrons. The van der Waals surface area contributed by atoms with E-state index in [9.17, 15) is 8.42 Å². The molecule has 3 rings (SSSR count). The van der Waals surface area contributed by atoms with Crippen LogP contribution in [0.2, 0.25) is 0 Å². The lowest BCUT2D eigenvalue weighted by atomic mass is 9.95. The smallest absolute Gasteiger partial charge is 0.185 e. The number of ether oxygens (including phenoxy) is 2. The maximum absolute atomic E-state index is 14.2. The number of hydrogen-bond acceptors (Lipinski definition) is 4. The Balaban J connectivity index is 1.60. The highest BCUT2D eigenvalue weighted by molar-refractivity contribution is 7.92. The summed E-state index contributed by atoms with van der Waals surface area (Å²) in [6, 6.07) is 16.9. The molecule has 0 bridgehead atoms. The van der Waals surface area contributed by atoms with Gasteiger partial charge in [0.2, 0.25) is 0 Å². The SMILES string of the molecule is COc1c(C)c(CC=C(C)C(CC=C(C)CCC=C(C)CCC=C(C)CCC=C(C)CCC=C(C)CCC=C(C)C)S(=O)(=O)c2ccccc2)c(OC)c2ccccc12. The maximum atomic E-state index is 14.2. The van der Waals surface area contributed by atoms with Crippen LogP contribution in [0.1, 0.15) is 137 Å². The molecule has 59 heavy (non-hydrogen) atoms. The monoisotopic (exact) mass is 819 g/mol. The summed E-state index contributed by atoms with van der Waals surface area (Å²) in [5.74, 6) is 1.61. The maximum Gasteiger partial charge on any atom is 0.185 e. The van der Waals surface area contributed by atoms with Gasteiger partial charge in [-0.2, -0.15) is 0 Å². The molecule has 320 valence electrons. The molecular formula is C54H74O4S. The molecule has 1 unspecified atom stereocenters. The van der Waals surface area contributed by atoms with E-state index in [2.05, 4.69) is 91.0 Å². The number of fused-ring (bicyclic) bond motifs is 1. The average molecular weight is 819 g/mol. The van der Waals surface area contributed by atoms with Crippen molar-refractivity contribution >= 4 is 20.6 Å². The van der Waals surface area contributed by atoms with Gasteiger partial charge in [-0.25, -0.2) is 8.42 Å². The standard InChI is InChI=1S/C54H74O4S/c1-40(2)22-17-23-41(3)24-18-25-42(4)26-19-27-43(5)28-20-29-44(6)30-21-31-45(7)36-39-52(59(55,56)48-32-13-12-14-33-48)46(8)37-38-49-47(9)53(57-10)50-34-15-16-35-51(50)54(49)58-11/h12-16,22,24,26,28,30,32-37,52H,17-21,23,25,27,29,31,38-39H2,1-11H3. The highest BCUT2D eigenvalue weighted by atomic mass is 32.2. The minimum atomic E-state index is -3.64. The van der Waals surface area contributed by atoms with Crippen LogP contribution in [0, 0.1) is 6.92 Å². The molecule has 0 spiro atoms. The predicted octanol–water partition coefficient (Wildman–Crippen LogP) is 15.5. The minimum absolute atomic E-state index is 0.347. The van der Waals surface area contributed by atoms with Crippen LogP contribution >= 0.6 is 0 Å². The Kier molecular flexibility index (Phi) is 21.0. The number of sulfone groups is 1. The normalized spacial score (nSPS) is 14.2. The van der Waals surface area contributed by atoms with E-state index in [1.165, 1.54) is 33.4 Å². The van der Waals surface area contributed by atoms with Crippen molar-refractivity contribution in [3.63, 3.8) is 0 Å². The quantitative estimate of drug-likeness (QED) is 0.0845. The largest absolute Gasteiger partial charge is 0.496 e. The molecule has 1 atom stereocenters. The summed E-state index contributed by atoms with van der Waals surface area (Å²) in [7, 11) is -0.257. The topological polar surface area (TPSA) is 52.6 Å². The summed E-state index contributed by atoms with van der Waals surface area (Å²) in [4.78, 5) is 0.347. The van der Waals surface area contributed by atoms with Gasteiger partial charge in [-0.15, -0.1) is 0 Å². The fraction of sp³-hybridized carbons (Fsp3) is 0.444. The third-order valence-electron chi connectivity index (χ3n) is 11.4. The van der Waals surface area contributed by atoms with Crippen molar-refractivity contribution in [3.05, 3.63) is 147 Å². The molecule has 0 fully saturated rings. The van der Waals surface area contributed by atoms with E-state index in [0.717, 1.165) is 103 Å². The Morgan fingerprint density at radius 2 is 0.949 bits per heavy atom. The fourth-order valence-corrected chi connectivity index (χ4v) is 9.41. The lowest BCUT2D eigenvalue weighted by Gasteiger charge is -2.20. The highest BCUT2D eigenvalue weighted by Crippen LogP contribution is 2.41. The zero-order chi connectivity index (χ0) is 43.4. The van der Waals surface area contributed by atoms with Crippen LogP contribution in [0.3, 0.4) is 0 Å². The number of rotatable bonds is 24. The van der Waals surface area contributed by atoms with E-state index in [1.54, 1.807) is 38.5 Å². The van der Waals surface area contributed by atoms with Crippen LogP contribution in [-0.2, 0) is 16.3 Å². The predicted molar refractivity (Wildman–Crippen MR) is 256 cm³/mol. The van der Waals surface area contributed by atoms with Gasteiger partial charge >= 0.3 is 0 Å². The summed E-state index contributed by atoms with van der Waals surface area (Å²) in [5.41, 5.74) is 11.3. The van der Waals surface area contributed by atoms with E-state index in [0.29, 0.717) is 17.7 Å². The molecule has 3 aromatic rings. The van der Waals surface area contributed by atoms with Crippen LogP contribution < -0.4 is 9.47 Å². The molecule has 0 N–H and O–H groups in total. The molecule has 0 aliphatic rings. The van der Waals surface area contributed by atoms with Gasteiger partial charge in [0.05, 0.1) is 24.4 Å². The molecule has 0 heterocycles. The highest BCUT2D eigenvalue weighted by Gasteiger charge is 2.28. The summed E-state index contributed by atoms with van der Waals surface area (Å²) < 4.78 is 40.1. The third-order valence-corrected chi connectivity index (χ3v) is 13.6. The molecule has 3 aromatic carbocycles. The molecule has 0 aromatic heterocycles. The van der Waals surface area contributed by atoms with Gasteiger partial charge in [0.25, 0.3) is 0 Å². The van der Waals surface area contributed by atoms with E-state index >= 15 is 0 Å². The molecule has 0 aliphatic carbocycles. The first kappa shape index (κ1) is 49.0. The first-order valence-electron chi connectivity index (χ1n) is 21.7.